The van der Waals surface area contributed by atoms with Gasteiger partial charge < -0.3 is 5.11 Å². The van der Waals surface area contributed by atoms with E-state index in [0.717, 1.165) is 0 Å². The van der Waals surface area contributed by atoms with Crippen LogP contribution in [0.3, 0.4) is 0 Å². The molecule has 0 spiro atoms. The summed E-state index contributed by atoms with van der Waals surface area (Å²) in [5.41, 5.74) is 0.495. The van der Waals surface area contributed by atoms with E-state index >= 15 is 0 Å². The lowest BCUT2D eigenvalue weighted by atomic mass is 10.1. The minimum Gasteiger partial charge on any atom is -0.387 e. The Balaban J connectivity index is 2.81. The van der Waals surface area contributed by atoms with Crippen LogP contribution in [0.2, 0.25) is 0 Å². The number of hydrogen-bond acceptors (Lipinski definition) is 3. The lowest BCUT2D eigenvalue weighted by Crippen LogP contribution is -2.02. The van der Waals surface area contributed by atoms with Crippen LogP contribution >= 0.6 is 15.9 Å². The predicted molar refractivity (Wildman–Crippen MR) is 51.2 cm³/mol. The fourth-order valence-corrected chi connectivity index (χ4v) is 4.31. The van der Waals surface area contributed by atoms with Gasteiger partial charge in [-0.2, -0.15) is 0 Å². The predicted octanol–water partition coefficient (Wildman–Crippen LogP) is 1.27. The average Bonchev–Trinajstić information content (AvgIpc) is 2.24. The third-order valence-corrected chi connectivity index (χ3v) is 4.80. The van der Waals surface area contributed by atoms with E-state index in [1.807, 2.05) is 0 Å². The molecule has 0 bridgehead atoms. The normalized spacial score (nSPS) is 24.3. The maximum Gasteiger partial charge on any atom is 0.182 e. The molecule has 0 aliphatic carbocycles. The zero-order valence-electron chi connectivity index (χ0n) is 6.57. The van der Waals surface area contributed by atoms with E-state index in [2.05, 4.69) is 15.9 Å². The van der Waals surface area contributed by atoms with Crippen LogP contribution in [-0.4, -0.2) is 19.3 Å². The van der Waals surface area contributed by atoms with Crippen molar-refractivity contribution in [2.75, 3.05) is 5.75 Å². The molecule has 1 aromatic carbocycles. The first-order valence-electron chi connectivity index (χ1n) is 3.71. The van der Waals surface area contributed by atoms with Gasteiger partial charge in [-0.3, -0.25) is 0 Å². The SMILES string of the molecule is O=S1(=O)CC(O)c2cccc(Br)c21. The molecule has 5 heteroatoms. The first kappa shape index (κ1) is 9.18. The summed E-state index contributed by atoms with van der Waals surface area (Å²) in [4.78, 5) is 0.238. The highest BCUT2D eigenvalue weighted by molar-refractivity contribution is 9.10. The van der Waals surface area contributed by atoms with Crippen LogP contribution in [0.4, 0.5) is 0 Å². The molecule has 1 aliphatic heterocycles. The average molecular weight is 263 g/mol. The fourth-order valence-electron chi connectivity index (χ4n) is 1.50. The summed E-state index contributed by atoms with van der Waals surface area (Å²) in [6.45, 7) is 0. The number of fused-ring (bicyclic) bond motifs is 1. The summed E-state index contributed by atoms with van der Waals surface area (Å²) in [5, 5.41) is 9.44. The molecule has 13 heavy (non-hydrogen) atoms. The van der Waals surface area contributed by atoms with Crippen molar-refractivity contribution in [3.63, 3.8) is 0 Å². The van der Waals surface area contributed by atoms with Gasteiger partial charge in [-0.25, -0.2) is 8.42 Å². The molecule has 0 fully saturated rings. The maximum absolute atomic E-state index is 11.5. The molecule has 1 atom stereocenters. The minimum absolute atomic E-state index is 0.203. The molecule has 0 amide bonds. The Morgan fingerprint density at radius 1 is 1.46 bits per heavy atom. The second kappa shape index (κ2) is 2.80. The smallest absolute Gasteiger partial charge is 0.182 e. The van der Waals surface area contributed by atoms with Gasteiger partial charge in [-0.1, -0.05) is 12.1 Å². The second-order valence-corrected chi connectivity index (χ2v) is 5.78. The highest BCUT2D eigenvalue weighted by Gasteiger charge is 2.34. The Labute approximate surface area is 84.4 Å². The molecule has 1 unspecified atom stereocenters. The van der Waals surface area contributed by atoms with Crippen molar-refractivity contribution in [1.82, 2.24) is 0 Å². The lowest BCUT2D eigenvalue weighted by molar-refractivity contribution is 0.204. The largest absolute Gasteiger partial charge is 0.387 e. The molecule has 1 heterocycles. The van der Waals surface area contributed by atoms with Gasteiger partial charge in [0.2, 0.25) is 0 Å². The number of sulfone groups is 1. The van der Waals surface area contributed by atoms with Crippen LogP contribution in [0.1, 0.15) is 11.7 Å². The lowest BCUT2D eigenvalue weighted by Gasteiger charge is -2.01. The van der Waals surface area contributed by atoms with Gasteiger partial charge in [-0.15, -0.1) is 0 Å². The van der Waals surface area contributed by atoms with Crippen molar-refractivity contribution in [2.45, 2.75) is 11.0 Å². The first-order chi connectivity index (χ1) is 6.02. The molecule has 3 nitrogen and oxygen atoms in total. The van der Waals surface area contributed by atoms with Crippen LogP contribution in [-0.2, 0) is 9.84 Å². The monoisotopic (exact) mass is 262 g/mol. The van der Waals surface area contributed by atoms with Crippen LogP contribution in [0.15, 0.2) is 27.6 Å². The van der Waals surface area contributed by atoms with E-state index in [1.165, 1.54) is 0 Å². The molecule has 2 rings (SSSR count). The van der Waals surface area contributed by atoms with Gasteiger partial charge in [0.15, 0.2) is 9.84 Å². The number of hydrogen-bond donors (Lipinski definition) is 1. The van der Waals surface area contributed by atoms with E-state index in [9.17, 15) is 13.5 Å². The molecule has 1 N–H and O–H groups in total. The van der Waals surface area contributed by atoms with E-state index in [4.69, 9.17) is 0 Å². The van der Waals surface area contributed by atoms with Crippen LogP contribution in [0, 0.1) is 0 Å². The summed E-state index contributed by atoms with van der Waals surface area (Å²) in [6, 6.07) is 5.01. The Kier molecular flexibility index (Phi) is 1.98. The molecule has 0 radical (unpaired) electrons. The van der Waals surface area contributed by atoms with Gasteiger partial charge >= 0.3 is 0 Å². The molecule has 0 saturated carbocycles. The minimum atomic E-state index is -3.28. The van der Waals surface area contributed by atoms with Gasteiger partial charge in [0.05, 0.1) is 16.8 Å². The quantitative estimate of drug-likeness (QED) is 0.766. The van der Waals surface area contributed by atoms with Crippen molar-refractivity contribution >= 4 is 25.8 Å². The molecule has 70 valence electrons. The Morgan fingerprint density at radius 3 is 2.77 bits per heavy atom. The van der Waals surface area contributed by atoms with Crippen molar-refractivity contribution in [2.24, 2.45) is 0 Å². The van der Waals surface area contributed by atoms with Crippen molar-refractivity contribution < 1.29 is 13.5 Å². The van der Waals surface area contributed by atoms with Gasteiger partial charge in [0.25, 0.3) is 0 Å². The highest BCUT2D eigenvalue weighted by atomic mass is 79.9. The van der Waals surface area contributed by atoms with E-state index < -0.39 is 15.9 Å². The van der Waals surface area contributed by atoms with Crippen molar-refractivity contribution in [1.29, 1.82) is 0 Å². The molecule has 1 aromatic rings. The summed E-state index contributed by atoms with van der Waals surface area (Å²) in [5.74, 6) is -0.203. The zero-order chi connectivity index (χ0) is 9.64. The van der Waals surface area contributed by atoms with E-state index in [0.29, 0.717) is 10.0 Å². The number of halogens is 1. The molecular weight excluding hydrogens is 256 g/mol. The van der Waals surface area contributed by atoms with Gasteiger partial charge in [0.1, 0.15) is 0 Å². The van der Waals surface area contributed by atoms with Crippen LogP contribution in [0.25, 0.3) is 0 Å². The van der Waals surface area contributed by atoms with Crippen LogP contribution < -0.4 is 0 Å². The Morgan fingerprint density at radius 2 is 2.15 bits per heavy atom. The number of aliphatic hydroxyl groups is 1. The van der Waals surface area contributed by atoms with Crippen LogP contribution in [0.5, 0.6) is 0 Å². The van der Waals surface area contributed by atoms with Crippen molar-refractivity contribution in [3.05, 3.63) is 28.2 Å². The standard InChI is InChI=1S/C8H7BrO3S/c9-6-3-1-2-5-7(10)4-13(11,12)8(5)6/h1-3,7,10H,4H2. The number of rotatable bonds is 0. The zero-order valence-corrected chi connectivity index (χ0v) is 8.97. The molecule has 1 aliphatic rings. The third kappa shape index (κ3) is 1.31. The second-order valence-electron chi connectivity index (χ2n) is 2.96. The van der Waals surface area contributed by atoms with Crippen molar-refractivity contribution in [3.8, 4) is 0 Å². The Hall–Kier alpha value is -0.390. The van der Waals surface area contributed by atoms with Gasteiger partial charge in [0, 0.05) is 10.0 Å². The maximum atomic E-state index is 11.5. The Bertz CT molecular complexity index is 452. The number of benzene rings is 1. The molecular formula is C8H7BrO3S. The molecule has 0 aromatic heterocycles. The summed E-state index contributed by atoms with van der Waals surface area (Å²) in [6.07, 6.45) is -0.877. The molecule has 0 saturated heterocycles. The first-order valence-corrected chi connectivity index (χ1v) is 6.16. The summed E-state index contributed by atoms with van der Waals surface area (Å²) in [7, 11) is -3.28. The highest BCUT2D eigenvalue weighted by Crippen LogP contribution is 2.37. The van der Waals surface area contributed by atoms with E-state index in [-0.39, 0.29) is 10.6 Å². The summed E-state index contributed by atoms with van der Waals surface area (Å²) < 4.78 is 23.5. The fraction of sp³-hybridized carbons (Fsp3) is 0.250. The topological polar surface area (TPSA) is 54.4 Å². The van der Waals surface area contributed by atoms with Gasteiger partial charge in [-0.05, 0) is 22.0 Å². The van der Waals surface area contributed by atoms with E-state index in [1.54, 1.807) is 18.2 Å². The summed E-state index contributed by atoms with van der Waals surface area (Å²) >= 11 is 3.16. The number of aliphatic hydroxyl groups excluding tert-OH is 1. The third-order valence-electron chi connectivity index (χ3n) is 2.04.